The quantitative estimate of drug-likeness (QED) is 0.586. The second kappa shape index (κ2) is 4.35. The Morgan fingerprint density at radius 2 is 2.21 bits per heavy atom. The minimum absolute atomic E-state index is 0. The molecule has 14 heavy (non-hydrogen) atoms. The van der Waals surface area contributed by atoms with Gasteiger partial charge in [-0.3, -0.25) is 4.79 Å². The molecule has 0 aliphatic carbocycles. The van der Waals surface area contributed by atoms with Crippen LogP contribution < -0.4 is 4.90 Å². The van der Waals surface area contributed by atoms with Gasteiger partial charge in [0.05, 0.1) is 10.7 Å². The maximum atomic E-state index is 10.5. The highest BCUT2D eigenvalue weighted by Crippen LogP contribution is 2.44. The van der Waals surface area contributed by atoms with Gasteiger partial charge in [-0.05, 0) is 12.1 Å². The van der Waals surface area contributed by atoms with Crippen LogP contribution in [0.25, 0.3) is 0 Å². The normalized spacial score (nSPS) is 13.5. The van der Waals surface area contributed by atoms with Gasteiger partial charge >= 0.3 is 0 Å². The van der Waals surface area contributed by atoms with E-state index in [-0.39, 0.29) is 24.0 Å². The van der Waals surface area contributed by atoms with Crippen LogP contribution in [0.3, 0.4) is 0 Å². The standard InChI is InChI=1S/C10H9NOS.HI/c1-7-11(2)9-5-8(6-12)3-4-10(9)13-7;/h3-6H,1H2,2H3;1H. The van der Waals surface area contributed by atoms with E-state index in [0.29, 0.717) is 5.56 Å². The molecule has 2 rings (SSSR count). The highest BCUT2D eigenvalue weighted by Gasteiger charge is 2.19. The Morgan fingerprint density at radius 1 is 1.50 bits per heavy atom. The Morgan fingerprint density at radius 3 is 2.86 bits per heavy atom. The molecule has 2 nitrogen and oxygen atoms in total. The van der Waals surface area contributed by atoms with Crippen molar-refractivity contribution < 1.29 is 4.79 Å². The fourth-order valence-electron chi connectivity index (χ4n) is 1.29. The maximum Gasteiger partial charge on any atom is 0.150 e. The summed E-state index contributed by atoms with van der Waals surface area (Å²) >= 11 is 1.63. The van der Waals surface area contributed by atoms with Gasteiger partial charge in [0.2, 0.25) is 0 Å². The van der Waals surface area contributed by atoms with Gasteiger partial charge in [-0.2, -0.15) is 0 Å². The molecule has 1 aliphatic heterocycles. The number of hydrogen-bond acceptors (Lipinski definition) is 3. The number of nitrogens with zero attached hydrogens (tertiary/aromatic N) is 1. The van der Waals surface area contributed by atoms with Gasteiger partial charge in [-0.1, -0.05) is 24.4 Å². The zero-order chi connectivity index (χ0) is 9.42. The SMILES string of the molecule is C=C1Sc2ccc(C=O)cc2N1C.I. The van der Waals surface area contributed by atoms with Crippen LogP contribution in [0.4, 0.5) is 5.69 Å². The topological polar surface area (TPSA) is 20.3 Å². The number of carbonyl (C=O) groups excluding carboxylic acids is 1. The number of halogens is 1. The number of fused-ring (bicyclic) bond motifs is 1. The Bertz CT molecular complexity index is 392. The minimum atomic E-state index is 0. The zero-order valence-corrected chi connectivity index (χ0v) is 10.8. The van der Waals surface area contributed by atoms with Gasteiger partial charge in [-0.25, -0.2) is 0 Å². The summed E-state index contributed by atoms with van der Waals surface area (Å²) in [4.78, 5) is 13.7. The first kappa shape index (κ1) is 11.6. The minimum Gasteiger partial charge on any atom is -0.339 e. The van der Waals surface area contributed by atoms with Gasteiger partial charge < -0.3 is 4.90 Å². The van der Waals surface area contributed by atoms with Crippen LogP contribution in [0.5, 0.6) is 0 Å². The molecule has 0 amide bonds. The van der Waals surface area contributed by atoms with E-state index in [2.05, 4.69) is 6.58 Å². The molecule has 1 aliphatic rings. The molecule has 0 saturated heterocycles. The lowest BCUT2D eigenvalue weighted by Crippen LogP contribution is -2.08. The average molecular weight is 319 g/mol. The highest BCUT2D eigenvalue weighted by atomic mass is 127. The van der Waals surface area contributed by atoms with E-state index in [0.717, 1.165) is 21.9 Å². The molecule has 4 heteroatoms. The fourth-order valence-corrected chi connectivity index (χ4v) is 2.21. The molecule has 0 aromatic heterocycles. The van der Waals surface area contributed by atoms with Gasteiger partial charge in [-0.15, -0.1) is 24.0 Å². The third-order valence-corrected chi connectivity index (χ3v) is 3.16. The van der Waals surface area contributed by atoms with Crippen molar-refractivity contribution in [3.63, 3.8) is 0 Å². The number of hydrogen-bond donors (Lipinski definition) is 0. The first-order valence-corrected chi connectivity index (χ1v) is 4.74. The van der Waals surface area contributed by atoms with Crippen molar-refractivity contribution in [3.8, 4) is 0 Å². The van der Waals surface area contributed by atoms with Crippen molar-refractivity contribution in [3.05, 3.63) is 35.4 Å². The van der Waals surface area contributed by atoms with Crippen LogP contribution in [0.1, 0.15) is 10.4 Å². The van der Waals surface area contributed by atoms with Gasteiger partial charge in [0, 0.05) is 17.5 Å². The first-order chi connectivity index (χ1) is 6.22. The predicted octanol–water partition coefficient (Wildman–Crippen LogP) is 3.13. The van der Waals surface area contributed by atoms with Crippen molar-refractivity contribution in [2.75, 3.05) is 11.9 Å². The summed E-state index contributed by atoms with van der Waals surface area (Å²) in [6.07, 6.45) is 0.861. The summed E-state index contributed by atoms with van der Waals surface area (Å²) in [7, 11) is 1.95. The first-order valence-electron chi connectivity index (χ1n) is 3.92. The molecule has 1 heterocycles. The van der Waals surface area contributed by atoms with Crippen molar-refractivity contribution >= 4 is 47.7 Å². The Hall–Kier alpha value is -0.490. The van der Waals surface area contributed by atoms with E-state index in [1.54, 1.807) is 11.8 Å². The monoisotopic (exact) mass is 319 g/mol. The molecule has 0 radical (unpaired) electrons. The van der Waals surface area contributed by atoms with Crippen molar-refractivity contribution in [1.82, 2.24) is 0 Å². The predicted molar refractivity (Wildman–Crippen MR) is 70.6 cm³/mol. The summed E-state index contributed by atoms with van der Waals surface area (Å²) in [6.45, 7) is 3.91. The Kier molecular flexibility index (Phi) is 3.60. The molecule has 0 N–H and O–H groups in total. The molecular weight excluding hydrogens is 309 g/mol. The van der Waals surface area contributed by atoms with Crippen LogP contribution in [-0.2, 0) is 0 Å². The number of anilines is 1. The molecule has 0 spiro atoms. The van der Waals surface area contributed by atoms with Crippen LogP contribution in [0, 0.1) is 0 Å². The number of carbonyl (C=O) groups is 1. The van der Waals surface area contributed by atoms with Crippen LogP contribution >= 0.6 is 35.7 Å². The van der Waals surface area contributed by atoms with Crippen LogP contribution in [0.2, 0.25) is 0 Å². The van der Waals surface area contributed by atoms with E-state index in [1.807, 2.05) is 30.1 Å². The maximum absolute atomic E-state index is 10.5. The second-order valence-electron chi connectivity index (χ2n) is 2.90. The summed E-state index contributed by atoms with van der Waals surface area (Å²) in [5, 5.41) is 0.998. The lowest BCUT2D eigenvalue weighted by Gasteiger charge is -2.11. The second-order valence-corrected chi connectivity index (χ2v) is 4.02. The molecular formula is C10H10INOS. The Labute approximate surface area is 104 Å². The third kappa shape index (κ3) is 1.81. The third-order valence-electron chi connectivity index (χ3n) is 2.08. The van der Waals surface area contributed by atoms with Gasteiger partial charge in [0.1, 0.15) is 6.29 Å². The number of thioether (sulfide) groups is 1. The van der Waals surface area contributed by atoms with Gasteiger partial charge in [0.15, 0.2) is 0 Å². The number of aldehydes is 1. The number of benzene rings is 1. The van der Waals surface area contributed by atoms with Crippen LogP contribution in [0.15, 0.2) is 34.7 Å². The van der Waals surface area contributed by atoms with E-state index < -0.39 is 0 Å². The zero-order valence-electron chi connectivity index (χ0n) is 7.69. The van der Waals surface area contributed by atoms with Gasteiger partial charge in [0.25, 0.3) is 0 Å². The number of rotatable bonds is 1. The fraction of sp³-hybridized carbons (Fsp3) is 0.100. The highest BCUT2D eigenvalue weighted by molar-refractivity contribution is 14.0. The van der Waals surface area contributed by atoms with E-state index >= 15 is 0 Å². The van der Waals surface area contributed by atoms with E-state index in [4.69, 9.17) is 0 Å². The lowest BCUT2D eigenvalue weighted by atomic mass is 10.2. The van der Waals surface area contributed by atoms with Crippen molar-refractivity contribution in [2.45, 2.75) is 4.90 Å². The molecule has 0 saturated carbocycles. The molecule has 1 aromatic carbocycles. The molecule has 0 bridgehead atoms. The molecule has 0 atom stereocenters. The largest absolute Gasteiger partial charge is 0.339 e. The molecule has 0 fully saturated rings. The smallest absolute Gasteiger partial charge is 0.150 e. The summed E-state index contributed by atoms with van der Waals surface area (Å²) in [5.74, 6) is 0. The Balaban J connectivity index is 0.000000980. The molecule has 0 unspecified atom stereocenters. The molecule has 74 valence electrons. The van der Waals surface area contributed by atoms with Crippen molar-refractivity contribution in [1.29, 1.82) is 0 Å². The van der Waals surface area contributed by atoms with Crippen LogP contribution in [-0.4, -0.2) is 13.3 Å². The lowest BCUT2D eigenvalue weighted by molar-refractivity contribution is 0.112. The van der Waals surface area contributed by atoms with E-state index in [9.17, 15) is 4.79 Å². The van der Waals surface area contributed by atoms with Crippen molar-refractivity contribution in [2.24, 2.45) is 0 Å². The molecule has 1 aromatic rings. The average Bonchev–Trinajstić information content (AvgIpc) is 2.43. The summed E-state index contributed by atoms with van der Waals surface area (Å²) in [6, 6.07) is 5.66. The van der Waals surface area contributed by atoms with E-state index in [1.165, 1.54) is 0 Å². The summed E-state index contributed by atoms with van der Waals surface area (Å²) in [5.41, 5.74) is 1.78. The summed E-state index contributed by atoms with van der Waals surface area (Å²) < 4.78 is 0.